The molecule has 32 heavy (non-hydrogen) atoms. The summed E-state index contributed by atoms with van der Waals surface area (Å²) in [5, 5.41) is 28.4. The number of anilines is 3. The molecule has 10 heteroatoms. The highest BCUT2D eigenvalue weighted by molar-refractivity contribution is 5.93. The minimum atomic E-state index is -0.745. The van der Waals surface area contributed by atoms with Gasteiger partial charge >= 0.3 is 0 Å². The summed E-state index contributed by atoms with van der Waals surface area (Å²) in [5.74, 6) is 1.71. The smallest absolute Gasteiger partial charge is 0.232 e. The lowest BCUT2D eigenvalue weighted by molar-refractivity contribution is -0.0432. The quantitative estimate of drug-likeness (QED) is 0.362. The van der Waals surface area contributed by atoms with Gasteiger partial charge in [0, 0.05) is 24.0 Å². The van der Waals surface area contributed by atoms with Gasteiger partial charge in [-0.15, -0.1) is 0 Å². The van der Waals surface area contributed by atoms with Gasteiger partial charge in [0.15, 0.2) is 17.0 Å². The normalized spacial score (nSPS) is 23.1. The molecule has 1 saturated carbocycles. The summed E-state index contributed by atoms with van der Waals surface area (Å²) < 4.78 is 7.62. The third-order valence-electron chi connectivity index (χ3n) is 5.94. The molecular formula is C22H23N7O3. The van der Waals surface area contributed by atoms with Gasteiger partial charge in [0.1, 0.15) is 18.1 Å². The lowest BCUT2D eigenvalue weighted by atomic mass is 10.1. The predicted molar refractivity (Wildman–Crippen MR) is 119 cm³/mol. The van der Waals surface area contributed by atoms with Crippen LogP contribution in [0.3, 0.4) is 0 Å². The Hall–Kier alpha value is -3.34. The third-order valence-corrected chi connectivity index (χ3v) is 5.94. The van der Waals surface area contributed by atoms with Crippen LogP contribution in [0.1, 0.15) is 25.5 Å². The molecule has 4 N–H and O–H groups in total. The molecule has 2 aliphatic rings. The average Bonchev–Trinajstić information content (AvgIpc) is 3.39. The van der Waals surface area contributed by atoms with E-state index in [1.165, 1.54) is 0 Å². The predicted octanol–water partition coefficient (Wildman–Crippen LogP) is 2.33. The highest BCUT2D eigenvalue weighted by Crippen LogP contribution is 2.34. The highest BCUT2D eigenvalue weighted by atomic mass is 16.5. The second-order valence-corrected chi connectivity index (χ2v) is 8.26. The molecule has 0 spiro atoms. The Bertz CT molecular complexity index is 1280. The summed E-state index contributed by atoms with van der Waals surface area (Å²) in [7, 11) is 0. The zero-order valence-corrected chi connectivity index (χ0v) is 17.2. The number of pyridine rings is 1. The van der Waals surface area contributed by atoms with Crippen LogP contribution >= 0.6 is 0 Å². The maximum absolute atomic E-state index is 10.2. The van der Waals surface area contributed by atoms with Gasteiger partial charge in [0.2, 0.25) is 5.95 Å². The van der Waals surface area contributed by atoms with Crippen LogP contribution in [0.25, 0.3) is 21.9 Å². The van der Waals surface area contributed by atoms with E-state index in [2.05, 4.69) is 25.6 Å². The van der Waals surface area contributed by atoms with Crippen molar-refractivity contribution in [2.75, 3.05) is 17.2 Å². The first kappa shape index (κ1) is 19.4. The Kier molecular flexibility index (Phi) is 4.63. The van der Waals surface area contributed by atoms with Gasteiger partial charge in [0.05, 0.1) is 19.0 Å². The molecule has 6 rings (SSSR count). The summed E-state index contributed by atoms with van der Waals surface area (Å²) >= 11 is 0. The van der Waals surface area contributed by atoms with Crippen molar-refractivity contribution < 1.29 is 14.9 Å². The molecule has 10 nitrogen and oxygen atoms in total. The van der Waals surface area contributed by atoms with Gasteiger partial charge in [-0.05, 0) is 24.3 Å². The number of rotatable bonds is 6. The van der Waals surface area contributed by atoms with Crippen LogP contribution in [-0.2, 0) is 4.74 Å². The molecule has 4 heterocycles. The number of benzene rings is 1. The van der Waals surface area contributed by atoms with E-state index in [4.69, 9.17) is 9.72 Å². The number of aromatic nitrogens is 5. The van der Waals surface area contributed by atoms with E-state index in [9.17, 15) is 10.2 Å². The summed E-state index contributed by atoms with van der Waals surface area (Å²) in [5.41, 5.74) is 1.22. The molecule has 1 saturated heterocycles. The van der Waals surface area contributed by atoms with Crippen molar-refractivity contribution in [2.45, 2.75) is 43.7 Å². The van der Waals surface area contributed by atoms with Crippen molar-refractivity contribution in [1.82, 2.24) is 24.5 Å². The van der Waals surface area contributed by atoms with Crippen LogP contribution in [-0.4, -0.2) is 59.6 Å². The Morgan fingerprint density at radius 3 is 2.78 bits per heavy atom. The summed E-state index contributed by atoms with van der Waals surface area (Å²) in [4.78, 5) is 18.4. The van der Waals surface area contributed by atoms with Crippen molar-refractivity contribution in [1.29, 1.82) is 0 Å². The van der Waals surface area contributed by atoms with E-state index in [1.54, 1.807) is 17.1 Å². The Morgan fingerprint density at radius 2 is 1.97 bits per heavy atom. The molecule has 4 aromatic rings. The summed E-state index contributed by atoms with van der Waals surface area (Å²) in [6, 6.07) is 10.3. The number of aliphatic hydroxyl groups is 2. The fourth-order valence-electron chi connectivity index (χ4n) is 4.08. The molecule has 0 amide bonds. The van der Waals surface area contributed by atoms with Crippen LogP contribution in [0.5, 0.6) is 0 Å². The van der Waals surface area contributed by atoms with Crippen LogP contribution in [0.4, 0.5) is 17.6 Å². The number of nitrogens with zero attached hydrogens (tertiary/aromatic N) is 5. The van der Waals surface area contributed by atoms with Gasteiger partial charge < -0.3 is 25.6 Å². The van der Waals surface area contributed by atoms with Gasteiger partial charge in [-0.2, -0.15) is 9.97 Å². The molecule has 2 fully saturated rings. The lowest BCUT2D eigenvalue weighted by Gasteiger charge is -2.15. The summed E-state index contributed by atoms with van der Waals surface area (Å²) in [6.45, 7) is -0.243. The zero-order valence-electron chi connectivity index (χ0n) is 17.2. The first-order valence-corrected chi connectivity index (χ1v) is 10.8. The lowest BCUT2D eigenvalue weighted by Crippen LogP contribution is -2.24. The number of aliphatic hydroxyl groups excluding tert-OH is 2. The number of nitrogens with one attached hydrogen (secondary N) is 2. The van der Waals surface area contributed by atoms with Gasteiger partial charge in [-0.1, -0.05) is 24.3 Å². The minimum Gasteiger partial charge on any atom is -0.394 e. The third kappa shape index (κ3) is 3.42. The van der Waals surface area contributed by atoms with Crippen LogP contribution in [0, 0.1) is 0 Å². The Balaban J connectivity index is 1.42. The monoisotopic (exact) mass is 433 g/mol. The fraction of sp³-hybridized carbons (Fsp3) is 0.364. The minimum absolute atomic E-state index is 0.243. The van der Waals surface area contributed by atoms with E-state index < -0.39 is 18.4 Å². The van der Waals surface area contributed by atoms with E-state index >= 15 is 0 Å². The molecule has 1 aliphatic carbocycles. The summed E-state index contributed by atoms with van der Waals surface area (Å²) in [6.07, 6.45) is 4.09. The molecule has 0 bridgehead atoms. The zero-order chi connectivity index (χ0) is 21.7. The maximum Gasteiger partial charge on any atom is 0.232 e. The Morgan fingerprint density at radius 1 is 1.09 bits per heavy atom. The molecule has 3 atom stereocenters. The molecule has 3 unspecified atom stereocenters. The number of ether oxygens (including phenoxy) is 1. The van der Waals surface area contributed by atoms with Crippen molar-refractivity contribution in [3.63, 3.8) is 0 Å². The van der Waals surface area contributed by atoms with E-state index in [0.29, 0.717) is 41.2 Å². The molecule has 164 valence electrons. The fourth-order valence-corrected chi connectivity index (χ4v) is 4.08. The van der Waals surface area contributed by atoms with E-state index in [-0.39, 0.29) is 6.61 Å². The second kappa shape index (κ2) is 7.66. The number of imidazole rings is 1. The first-order chi connectivity index (χ1) is 15.7. The molecule has 1 aromatic carbocycles. The van der Waals surface area contributed by atoms with Crippen molar-refractivity contribution in [2.24, 2.45) is 0 Å². The molecular weight excluding hydrogens is 410 g/mol. The van der Waals surface area contributed by atoms with Crippen molar-refractivity contribution >= 4 is 39.5 Å². The number of hydrogen-bond acceptors (Lipinski definition) is 9. The van der Waals surface area contributed by atoms with Gasteiger partial charge in [0.25, 0.3) is 0 Å². The number of fused-ring (bicyclic) bond motifs is 2. The SMILES string of the molecule is OCC1OC(n2cnc3c(NC4CC4)nc(Nc4nccc5ccccc45)nc32)CC1O. The van der Waals surface area contributed by atoms with Crippen LogP contribution < -0.4 is 10.6 Å². The number of hydrogen-bond donors (Lipinski definition) is 4. The average molecular weight is 433 g/mol. The first-order valence-electron chi connectivity index (χ1n) is 10.8. The molecule has 1 aliphatic heterocycles. The Labute approximate surface area is 183 Å². The van der Waals surface area contributed by atoms with Crippen LogP contribution in [0.15, 0.2) is 42.9 Å². The second-order valence-electron chi connectivity index (χ2n) is 8.26. The highest BCUT2D eigenvalue weighted by Gasteiger charge is 2.35. The molecule has 0 radical (unpaired) electrons. The van der Waals surface area contributed by atoms with Crippen LogP contribution in [0.2, 0.25) is 0 Å². The van der Waals surface area contributed by atoms with Gasteiger partial charge in [-0.25, -0.2) is 9.97 Å². The standard InChI is InChI=1S/C22H23N7O3/c30-10-16-15(31)9-17(32-16)29-11-24-18-20(25-13-5-6-13)27-22(28-21(18)29)26-19-14-4-2-1-3-12(14)7-8-23-19/h1-4,7-8,11,13,15-17,30-31H,5-6,9-10H2,(H2,23,25,26,27,28). The topological polar surface area (TPSA) is 130 Å². The molecule has 3 aromatic heterocycles. The largest absolute Gasteiger partial charge is 0.394 e. The van der Waals surface area contributed by atoms with E-state index in [1.807, 2.05) is 30.3 Å². The van der Waals surface area contributed by atoms with E-state index in [0.717, 1.165) is 23.6 Å². The van der Waals surface area contributed by atoms with Gasteiger partial charge in [-0.3, -0.25) is 4.57 Å². The van der Waals surface area contributed by atoms with Crippen molar-refractivity contribution in [3.05, 3.63) is 42.9 Å². The van der Waals surface area contributed by atoms with Crippen molar-refractivity contribution in [3.8, 4) is 0 Å². The maximum atomic E-state index is 10.2.